The molecule has 6 heteroatoms. The van der Waals surface area contributed by atoms with Crippen LogP contribution in [0.4, 0.5) is 0 Å². The van der Waals surface area contributed by atoms with Crippen LogP contribution < -0.4 is 0 Å². The van der Waals surface area contributed by atoms with Crippen molar-refractivity contribution in [3.05, 3.63) is 179 Å². The lowest BCUT2D eigenvalue weighted by Crippen LogP contribution is -2.01. The molecule has 0 aliphatic carbocycles. The van der Waals surface area contributed by atoms with Crippen LogP contribution in [0.2, 0.25) is 0 Å². The van der Waals surface area contributed by atoms with E-state index in [9.17, 15) is 9.59 Å². The molecule has 0 amide bonds. The van der Waals surface area contributed by atoms with Gasteiger partial charge in [0, 0.05) is 92.5 Å². The second kappa shape index (κ2) is 12.5. The van der Waals surface area contributed by atoms with Gasteiger partial charge >= 0.3 is 0 Å². The van der Waals surface area contributed by atoms with Gasteiger partial charge in [-0.15, -0.1) is 0 Å². The van der Waals surface area contributed by atoms with Crippen LogP contribution in [0.5, 0.6) is 0 Å². The number of carbonyl (C=O) groups excluding carboxylic acids is 2. The lowest BCUT2D eigenvalue weighted by molar-refractivity contribution is 0.103. The Labute approximate surface area is 264 Å². The van der Waals surface area contributed by atoms with Crippen LogP contribution >= 0.6 is 0 Å². The molecule has 7 rings (SSSR count). The lowest BCUT2D eigenvalue weighted by atomic mass is 10.0. The third kappa shape index (κ3) is 6.01. The third-order valence-electron chi connectivity index (χ3n) is 7.35. The summed E-state index contributed by atoms with van der Waals surface area (Å²) in [5, 5.41) is 1.87. The molecule has 0 radical (unpaired) electrons. The fourth-order valence-electron chi connectivity index (χ4n) is 4.96. The number of hydrogen-bond donors (Lipinski definition) is 0. The summed E-state index contributed by atoms with van der Waals surface area (Å²) in [4.78, 5) is 42.6. The van der Waals surface area contributed by atoms with Crippen molar-refractivity contribution in [3.63, 3.8) is 0 Å². The standard InChI is InChI=1S/C40H22N4O2/c45-39(35-3-1-19-41-25-35)31-13-9-27(10-14-31)5-7-29-21-33-17-18-34-22-30(24-44-38(34)37(33)43-23-29)8-6-28-11-15-32(16-12-28)40(46)36-4-2-20-42-26-36/h1-4,9-26H. The van der Waals surface area contributed by atoms with Crippen LogP contribution in [0.15, 0.2) is 134 Å². The Balaban J connectivity index is 1.06. The summed E-state index contributed by atoms with van der Waals surface area (Å²) < 4.78 is 0. The highest BCUT2D eigenvalue weighted by Gasteiger charge is 2.10. The number of fused-ring (bicyclic) bond motifs is 3. The first kappa shape index (κ1) is 28.0. The number of nitrogens with zero attached hydrogens (tertiary/aromatic N) is 4. The topological polar surface area (TPSA) is 85.7 Å². The van der Waals surface area contributed by atoms with Crippen molar-refractivity contribution in [1.29, 1.82) is 0 Å². The Kier molecular flexibility index (Phi) is 7.59. The van der Waals surface area contributed by atoms with Gasteiger partial charge in [0.1, 0.15) is 0 Å². The highest BCUT2D eigenvalue weighted by molar-refractivity contribution is 6.09. The second-order valence-electron chi connectivity index (χ2n) is 10.5. The van der Waals surface area contributed by atoms with E-state index in [0.29, 0.717) is 22.3 Å². The van der Waals surface area contributed by atoms with Crippen LogP contribution in [0.3, 0.4) is 0 Å². The van der Waals surface area contributed by atoms with E-state index in [0.717, 1.165) is 44.1 Å². The van der Waals surface area contributed by atoms with Gasteiger partial charge < -0.3 is 0 Å². The number of ketones is 2. The summed E-state index contributed by atoms with van der Waals surface area (Å²) in [6.07, 6.45) is 9.89. The monoisotopic (exact) mass is 590 g/mol. The molecule has 0 bridgehead atoms. The van der Waals surface area contributed by atoms with Gasteiger partial charge in [-0.25, -0.2) is 0 Å². The van der Waals surface area contributed by atoms with Crippen molar-refractivity contribution >= 4 is 33.4 Å². The van der Waals surface area contributed by atoms with Gasteiger partial charge in [0.15, 0.2) is 11.6 Å². The second-order valence-corrected chi connectivity index (χ2v) is 10.5. The molecule has 214 valence electrons. The number of aromatic nitrogens is 4. The van der Waals surface area contributed by atoms with E-state index < -0.39 is 0 Å². The molecule has 0 unspecified atom stereocenters. The zero-order valence-corrected chi connectivity index (χ0v) is 24.3. The summed E-state index contributed by atoms with van der Waals surface area (Å²) >= 11 is 0. The van der Waals surface area contributed by atoms with E-state index in [1.165, 1.54) is 0 Å². The smallest absolute Gasteiger partial charge is 0.194 e. The first-order chi connectivity index (χ1) is 22.6. The maximum absolute atomic E-state index is 12.6. The van der Waals surface area contributed by atoms with Crippen LogP contribution in [0.25, 0.3) is 21.8 Å². The van der Waals surface area contributed by atoms with Gasteiger partial charge in [-0.3, -0.25) is 29.5 Å². The van der Waals surface area contributed by atoms with Crippen LogP contribution in [0, 0.1) is 23.7 Å². The largest absolute Gasteiger partial charge is 0.289 e. The van der Waals surface area contributed by atoms with Crippen LogP contribution in [-0.4, -0.2) is 31.5 Å². The summed E-state index contributed by atoms with van der Waals surface area (Å²) in [7, 11) is 0. The quantitative estimate of drug-likeness (QED) is 0.127. The number of carbonyl (C=O) groups is 2. The Bertz CT molecular complexity index is 2210. The Morgan fingerprint density at radius 3 is 1.24 bits per heavy atom. The minimum absolute atomic E-state index is 0.0761. The molecule has 0 atom stereocenters. The summed E-state index contributed by atoms with van der Waals surface area (Å²) in [5.74, 6) is 12.5. The average Bonchev–Trinajstić information content (AvgIpc) is 3.13. The van der Waals surface area contributed by atoms with Gasteiger partial charge in [-0.05, 0) is 84.9 Å². The number of benzene rings is 3. The predicted octanol–water partition coefficient (Wildman–Crippen LogP) is 6.83. The lowest BCUT2D eigenvalue weighted by Gasteiger charge is -2.04. The van der Waals surface area contributed by atoms with Crippen LogP contribution in [-0.2, 0) is 0 Å². The SMILES string of the molecule is O=C(c1ccc(C#Cc2cnc3c(ccc4cc(C#Cc5ccc(C(=O)c6cccnc6)cc5)cnc43)c2)cc1)c1cccnc1. The van der Waals surface area contributed by atoms with Crippen molar-refractivity contribution < 1.29 is 9.59 Å². The zero-order chi connectivity index (χ0) is 31.3. The van der Waals surface area contributed by atoms with Gasteiger partial charge in [-0.2, -0.15) is 0 Å². The molecule has 0 saturated carbocycles. The van der Waals surface area contributed by atoms with Crippen molar-refractivity contribution in [2.24, 2.45) is 0 Å². The Morgan fingerprint density at radius 2 is 0.848 bits per heavy atom. The van der Waals surface area contributed by atoms with E-state index in [1.54, 1.807) is 85.7 Å². The normalized spacial score (nSPS) is 10.4. The predicted molar refractivity (Wildman–Crippen MR) is 177 cm³/mol. The van der Waals surface area contributed by atoms with E-state index in [4.69, 9.17) is 0 Å². The summed E-state index contributed by atoms with van der Waals surface area (Å²) in [5.41, 5.74) is 6.99. The number of pyridine rings is 4. The fraction of sp³-hybridized carbons (Fsp3) is 0. The molecule has 4 aromatic heterocycles. The molecule has 0 fully saturated rings. The highest BCUT2D eigenvalue weighted by atomic mass is 16.1. The van der Waals surface area contributed by atoms with Crippen molar-refractivity contribution in [2.45, 2.75) is 0 Å². The molecular formula is C40H22N4O2. The minimum atomic E-state index is -0.0761. The first-order valence-electron chi connectivity index (χ1n) is 14.4. The van der Waals surface area contributed by atoms with E-state index in [2.05, 4.69) is 43.6 Å². The van der Waals surface area contributed by atoms with Crippen molar-refractivity contribution in [1.82, 2.24) is 19.9 Å². The summed E-state index contributed by atoms with van der Waals surface area (Å²) in [6, 6.07) is 29.4. The van der Waals surface area contributed by atoms with Gasteiger partial charge in [-0.1, -0.05) is 35.8 Å². The molecule has 0 N–H and O–H groups in total. The van der Waals surface area contributed by atoms with E-state index >= 15 is 0 Å². The molecule has 0 aliphatic rings. The van der Waals surface area contributed by atoms with E-state index in [-0.39, 0.29) is 11.6 Å². The Hall–Kier alpha value is -6.76. The van der Waals surface area contributed by atoms with Crippen molar-refractivity contribution in [3.8, 4) is 23.7 Å². The molecular weight excluding hydrogens is 568 g/mol. The van der Waals surface area contributed by atoms with Crippen molar-refractivity contribution in [2.75, 3.05) is 0 Å². The average molecular weight is 591 g/mol. The molecule has 0 aliphatic heterocycles. The fourth-order valence-corrected chi connectivity index (χ4v) is 4.96. The molecule has 7 aromatic rings. The zero-order valence-electron chi connectivity index (χ0n) is 24.3. The molecule has 4 heterocycles. The number of hydrogen-bond acceptors (Lipinski definition) is 6. The number of rotatable bonds is 4. The van der Waals surface area contributed by atoms with E-state index in [1.807, 2.05) is 48.5 Å². The molecule has 3 aromatic carbocycles. The maximum atomic E-state index is 12.6. The molecule has 6 nitrogen and oxygen atoms in total. The van der Waals surface area contributed by atoms with Gasteiger partial charge in [0.25, 0.3) is 0 Å². The maximum Gasteiger partial charge on any atom is 0.194 e. The molecule has 46 heavy (non-hydrogen) atoms. The highest BCUT2D eigenvalue weighted by Crippen LogP contribution is 2.23. The Morgan fingerprint density at radius 1 is 0.435 bits per heavy atom. The van der Waals surface area contributed by atoms with Crippen LogP contribution in [0.1, 0.15) is 54.1 Å². The third-order valence-corrected chi connectivity index (χ3v) is 7.35. The first-order valence-corrected chi connectivity index (χ1v) is 14.4. The van der Waals surface area contributed by atoms with Gasteiger partial charge in [0.05, 0.1) is 11.0 Å². The van der Waals surface area contributed by atoms with Gasteiger partial charge in [0.2, 0.25) is 0 Å². The molecule has 0 saturated heterocycles. The minimum Gasteiger partial charge on any atom is -0.289 e. The summed E-state index contributed by atoms with van der Waals surface area (Å²) in [6.45, 7) is 0. The molecule has 0 spiro atoms.